The minimum absolute atomic E-state index is 0.317. The number of methoxy groups -OCH3 is 1. The highest BCUT2D eigenvalue weighted by Crippen LogP contribution is 2.29. The van der Waals surface area contributed by atoms with Gasteiger partial charge in [0.15, 0.2) is 0 Å². The minimum atomic E-state index is -0.476. The molecule has 0 aliphatic heterocycles. The molecule has 0 unspecified atom stereocenters. The first-order valence-corrected chi connectivity index (χ1v) is 5.44. The quantitative estimate of drug-likeness (QED) is 0.830. The van der Waals surface area contributed by atoms with Crippen LogP contribution in [0.2, 0.25) is 0 Å². The van der Waals surface area contributed by atoms with Crippen LogP contribution >= 0.6 is 0 Å². The molecule has 0 bridgehead atoms. The number of hydrogen-bond acceptors (Lipinski definition) is 4. The molecule has 18 heavy (non-hydrogen) atoms. The Labute approximate surface area is 104 Å². The number of pyridine rings is 1. The normalized spacial score (nSPS) is 10.4. The largest absolute Gasteiger partial charge is 0.465 e. The Kier molecular flexibility index (Phi) is 3.14. The number of rotatable bonds is 2. The molecular formula is C13H13FN2O2. The Balaban J connectivity index is 2.81. The smallest absolute Gasteiger partial charge is 0.341 e. The summed E-state index contributed by atoms with van der Waals surface area (Å²) in [5.74, 6) is -0.793. The predicted octanol–water partition coefficient (Wildman–Crippen LogP) is 2.51. The fourth-order valence-electron chi connectivity index (χ4n) is 1.92. The van der Waals surface area contributed by atoms with E-state index in [4.69, 9.17) is 0 Å². The van der Waals surface area contributed by atoms with Gasteiger partial charge in [0.05, 0.1) is 18.3 Å². The van der Waals surface area contributed by atoms with Crippen LogP contribution in [0.4, 0.5) is 10.1 Å². The standard InChI is InChI=1S/C13H13FN2O2/c1-7-10(14)5-4-8-11(7)16-6-9(12(8)15-2)13(17)18-3/h4-6H,1-3H3,(H,15,16). The van der Waals surface area contributed by atoms with Crippen molar-refractivity contribution in [1.82, 2.24) is 4.98 Å². The van der Waals surface area contributed by atoms with Crippen LogP contribution in [0, 0.1) is 12.7 Å². The van der Waals surface area contributed by atoms with Crippen LogP contribution in [-0.2, 0) is 4.74 Å². The topological polar surface area (TPSA) is 51.2 Å². The van der Waals surface area contributed by atoms with Crippen molar-refractivity contribution in [2.75, 3.05) is 19.5 Å². The average Bonchev–Trinajstić information content (AvgIpc) is 2.40. The van der Waals surface area contributed by atoms with Gasteiger partial charge in [0.2, 0.25) is 0 Å². The number of carbonyl (C=O) groups excluding carboxylic acids is 1. The molecule has 1 aromatic heterocycles. The van der Waals surface area contributed by atoms with Gasteiger partial charge in [-0.3, -0.25) is 4.98 Å². The lowest BCUT2D eigenvalue weighted by atomic mass is 10.1. The summed E-state index contributed by atoms with van der Waals surface area (Å²) in [4.78, 5) is 15.8. The number of aromatic nitrogens is 1. The van der Waals surface area contributed by atoms with Gasteiger partial charge in [-0.1, -0.05) is 0 Å². The Bertz CT molecular complexity index is 626. The van der Waals surface area contributed by atoms with Crippen molar-refractivity contribution in [3.05, 3.63) is 35.3 Å². The Morgan fingerprint density at radius 3 is 2.78 bits per heavy atom. The van der Waals surface area contributed by atoms with Crippen molar-refractivity contribution in [2.24, 2.45) is 0 Å². The van der Waals surface area contributed by atoms with Crippen molar-refractivity contribution in [1.29, 1.82) is 0 Å². The number of halogens is 1. The van der Waals surface area contributed by atoms with Crippen LogP contribution in [-0.4, -0.2) is 25.1 Å². The summed E-state index contributed by atoms with van der Waals surface area (Å²) in [5, 5.41) is 3.63. The van der Waals surface area contributed by atoms with Gasteiger partial charge < -0.3 is 10.1 Å². The molecule has 2 aromatic rings. The zero-order valence-corrected chi connectivity index (χ0v) is 10.4. The van der Waals surface area contributed by atoms with Gasteiger partial charge >= 0.3 is 5.97 Å². The number of anilines is 1. The zero-order chi connectivity index (χ0) is 13.3. The molecule has 0 atom stereocenters. The van der Waals surface area contributed by atoms with Crippen LogP contribution < -0.4 is 5.32 Å². The van der Waals surface area contributed by atoms with E-state index >= 15 is 0 Å². The number of fused-ring (bicyclic) bond motifs is 1. The van der Waals surface area contributed by atoms with Crippen molar-refractivity contribution < 1.29 is 13.9 Å². The third-order valence-electron chi connectivity index (χ3n) is 2.88. The number of nitrogens with zero attached hydrogens (tertiary/aromatic N) is 1. The van der Waals surface area contributed by atoms with Gasteiger partial charge in [0, 0.05) is 24.2 Å². The molecule has 0 aliphatic carbocycles. The number of aryl methyl sites for hydroxylation is 1. The van der Waals surface area contributed by atoms with E-state index in [0.717, 1.165) is 0 Å². The molecule has 0 saturated heterocycles. The molecule has 1 N–H and O–H groups in total. The predicted molar refractivity (Wildman–Crippen MR) is 67.3 cm³/mol. The van der Waals surface area contributed by atoms with E-state index in [2.05, 4.69) is 15.0 Å². The summed E-state index contributed by atoms with van der Waals surface area (Å²) in [7, 11) is 3.00. The molecule has 0 saturated carbocycles. The van der Waals surface area contributed by atoms with Crippen LogP contribution in [0.5, 0.6) is 0 Å². The van der Waals surface area contributed by atoms with Crippen molar-refractivity contribution in [2.45, 2.75) is 6.92 Å². The van der Waals surface area contributed by atoms with Gasteiger partial charge in [-0.2, -0.15) is 0 Å². The van der Waals surface area contributed by atoms with Crippen LogP contribution in [0.15, 0.2) is 18.3 Å². The van der Waals surface area contributed by atoms with E-state index in [9.17, 15) is 9.18 Å². The summed E-state index contributed by atoms with van der Waals surface area (Å²) in [6.45, 7) is 1.65. The summed E-state index contributed by atoms with van der Waals surface area (Å²) in [5.41, 5.74) is 1.92. The van der Waals surface area contributed by atoms with E-state index in [1.807, 2.05) is 0 Å². The third-order valence-corrected chi connectivity index (χ3v) is 2.88. The lowest BCUT2D eigenvalue weighted by molar-refractivity contribution is 0.0601. The molecule has 5 heteroatoms. The maximum absolute atomic E-state index is 13.5. The van der Waals surface area contributed by atoms with E-state index in [1.54, 1.807) is 20.0 Å². The highest BCUT2D eigenvalue weighted by molar-refractivity contribution is 6.05. The number of ether oxygens (including phenoxy) is 1. The van der Waals surface area contributed by atoms with E-state index in [-0.39, 0.29) is 5.82 Å². The fourth-order valence-corrected chi connectivity index (χ4v) is 1.92. The number of hydrogen-bond donors (Lipinski definition) is 1. The Hall–Kier alpha value is -2.17. The second kappa shape index (κ2) is 4.60. The van der Waals surface area contributed by atoms with Crippen LogP contribution in [0.25, 0.3) is 10.9 Å². The van der Waals surface area contributed by atoms with Gasteiger partial charge in [-0.15, -0.1) is 0 Å². The average molecular weight is 248 g/mol. The molecule has 1 aromatic carbocycles. The highest BCUT2D eigenvalue weighted by atomic mass is 19.1. The van der Waals surface area contributed by atoms with Crippen molar-refractivity contribution in [3.8, 4) is 0 Å². The number of nitrogens with one attached hydrogen (secondary N) is 1. The first kappa shape index (κ1) is 12.3. The molecule has 0 radical (unpaired) electrons. The first-order valence-electron chi connectivity index (χ1n) is 5.44. The number of carbonyl (C=O) groups is 1. The monoisotopic (exact) mass is 248 g/mol. The maximum atomic E-state index is 13.5. The van der Waals surface area contributed by atoms with Crippen molar-refractivity contribution in [3.63, 3.8) is 0 Å². The van der Waals surface area contributed by atoms with Crippen molar-refractivity contribution >= 4 is 22.6 Å². The SMILES string of the molecule is CNc1c(C(=O)OC)cnc2c(C)c(F)ccc12. The van der Waals surface area contributed by atoms with Crippen LogP contribution in [0.3, 0.4) is 0 Å². The Morgan fingerprint density at radius 2 is 2.17 bits per heavy atom. The number of esters is 1. The van der Waals surface area contributed by atoms with E-state index in [1.165, 1.54) is 19.4 Å². The summed E-state index contributed by atoms with van der Waals surface area (Å²) >= 11 is 0. The number of benzene rings is 1. The second-order valence-electron chi connectivity index (χ2n) is 3.86. The van der Waals surface area contributed by atoms with E-state index < -0.39 is 5.97 Å². The summed E-state index contributed by atoms with van der Waals surface area (Å²) in [6, 6.07) is 2.96. The maximum Gasteiger partial charge on any atom is 0.341 e. The summed E-state index contributed by atoms with van der Waals surface area (Å²) in [6.07, 6.45) is 1.40. The fraction of sp³-hybridized carbons (Fsp3) is 0.231. The molecule has 0 amide bonds. The van der Waals surface area contributed by atoms with Gasteiger partial charge in [0.1, 0.15) is 11.4 Å². The Morgan fingerprint density at radius 1 is 1.44 bits per heavy atom. The molecular weight excluding hydrogens is 235 g/mol. The molecule has 0 fully saturated rings. The lowest BCUT2D eigenvalue weighted by Gasteiger charge is -2.12. The van der Waals surface area contributed by atoms with Gasteiger partial charge in [-0.05, 0) is 19.1 Å². The van der Waals surface area contributed by atoms with Crippen LogP contribution in [0.1, 0.15) is 15.9 Å². The van der Waals surface area contributed by atoms with Gasteiger partial charge in [0.25, 0.3) is 0 Å². The molecule has 4 nitrogen and oxygen atoms in total. The molecule has 94 valence electrons. The zero-order valence-electron chi connectivity index (χ0n) is 10.4. The van der Waals surface area contributed by atoms with E-state index in [0.29, 0.717) is 27.7 Å². The molecule has 0 spiro atoms. The highest BCUT2D eigenvalue weighted by Gasteiger charge is 2.16. The summed E-state index contributed by atoms with van der Waals surface area (Å²) < 4.78 is 18.1. The lowest BCUT2D eigenvalue weighted by Crippen LogP contribution is -2.07. The second-order valence-corrected chi connectivity index (χ2v) is 3.86. The first-order chi connectivity index (χ1) is 8.60. The minimum Gasteiger partial charge on any atom is -0.465 e. The van der Waals surface area contributed by atoms with Gasteiger partial charge in [-0.25, -0.2) is 9.18 Å². The molecule has 0 aliphatic rings. The molecule has 2 rings (SSSR count). The molecule has 1 heterocycles. The third kappa shape index (κ3) is 1.77.